The number of nitrogens with one attached hydrogen (secondary N) is 1. The number of hydrogen-bond donors (Lipinski definition) is 1. The highest BCUT2D eigenvalue weighted by atomic mass is 32.2. The van der Waals surface area contributed by atoms with E-state index in [9.17, 15) is 18.5 Å². The molecule has 0 atom stereocenters. The molecule has 1 aromatic heterocycles. The lowest BCUT2D eigenvalue weighted by Gasteiger charge is -2.12. The topological polar surface area (TPSA) is 107 Å². The van der Waals surface area contributed by atoms with E-state index in [1.807, 2.05) is 18.2 Å². The van der Waals surface area contributed by atoms with Crippen molar-refractivity contribution in [2.24, 2.45) is 0 Å². The predicted molar refractivity (Wildman–Crippen MR) is 96.9 cm³/mol. The Labute approximate surface area is 150 Å². The molecule has 0 aliphatic heterocycles. The number of nitro groups is 1. The summed E-state index contributed by atoms with van der Waals surface area (Å²) in [6, 6.07) is 14.4. The summed E-state index contributed by atoms with van der Waals surface area (Å²) in [6.45, 7) is 3.27. The molecule has 8 nitrogen and oxygen atoms in total. The van der Waals surface area contributed by atoms with Crippen LogP contribution in [0.15, 0.2) is 59.5 Å². The Morgan fingerprint density at radius 3 is 2.38 bits per heavy atom. The van der Waals surface area contributed by atoms with Crippen LogP contribution in [0.3, 0.4) is 0 Å². The van der Waals surface area contributed by atoms with E-state index >= 15 is 0 Å². The number of hydrogen-bond acceptors (Lipinski definition) is 5. The Balaban J connectivity index is 2.00. The van der Waals surface area contributed by atoms with Gasteiger partial charge in [0, 0.05) is 18.2 Å². The second-order valence-electron chi connectivity index (χ2n) is 5.73. The number of anilines is 1. The highest BCUT2D eigenvalue weighted by Crippen LogP contribution is 2.25. The Hall–Kier alpha value is -3.20. The lowest BCUT2D eigenvalue weighted by Crippen LogP contribution is -2.17. The van der Waals surface area contributed by atoms with Crippen molar-refractivity contribution >= 4 is 21.5 Å². The summed E-state index contributed by atoms with van der Waals surface area (Å²) in [4.78, 5) is 10.2. The summed E-state index contributed by atoms with van der Waals surface area (Å²) in [5, 5.41) is 15.2. The predicted octanol–water partition coefficient (Wildman–Crippen LogP) is 3.20. The van der Waals surface area contributed by atoms with Gasteiger partial charge in [0.05, 0.1) is 21.2 Å². The number of nitro benzene ring substituents is 1. The number of benzene rings is 2. The van der Waals surface area contributed by atoms with Crippen LogP contribution >= 0.6 is 0 Å². The van der Waals surface area contributed by atoms with E-state index in [-0.39, 0.29) is 22.0 Å². The molecule has 134 valence electrons. The van der Waals surface area contributed by atoms with Crippen LogP contribution in [0.5, 0.6) is 0 Å². The van der Waals surface area contributed by atoms with Gasteiger partial charge in [-0.3, -0.25) is 14.8 Å². The monoisotopic (exact) mass is 372 g/mol. The van der Waals surface area contributed by atoms with Crippen LogP contribution in [-0.4, -0.2) is 23.1 Å². The second-order valence-corrected chi connectivity index (χ2v) is 7.38. The molecular formula is C17H16N4O4S. The molecule has 0 saturated heterocycles. The molecule has 3 aromatic rings. The van der Waals surface area contributed by atoms with Crippen molar-refractivity contribution in [1.82, 2.24) is 9.78 Å². The third kappa shape index (κ3) is 3.42. The molecule has 0 radical (unpaired) electrons. The zero-order chi connectivity index (χ0) is 18.9. The molecule has 0 bridgehead atoms. The number of non-ortho nitro benzene ring substituents is 1. The number of rotatable bonds is 5. The third-order valence-corrected chi connectivity index (χ3v) is 5.25. The smallest absolute Gasteiger partial charge is 0.263 e. The summed E-state index contributed by atoms with van der Waals surface area (Å²) in [7, 11) is -3.94. The van der Waals surface area contributed by atoms with Crippen molar-refractivity contribution in [3.63, 3.8) is 0 Å². The zero-order valence-electron chi connectivity index (χ0n) is 14.1. The van der Waals surface area contributed by atoms with Crippen LogP contribution in [0.4, 0.5) is 11.5 Å². The molecular weight excluding hydrogens is 356 g/mol. The van der Waals surface area contributed by atoms with Crippen molar-refractivity contribution in [3.05, 3.63) is 76.0 Å². The SMILES string of the molecule is Cc1cc(NS(=O)(=O)c2ccc([N+](=O)[O-])cc2C)n(-c2ccccc2)n1. The van der Waals surface area contributed by atoms with Gasteiger partial charge in [-0.25, -0.2) is 13.1 Å². The van der Waals surface area contributed by atoms with Crippen LogP contribution in [0.1, 0.15) is 11.3 Å². The summed E-state index contributed by atoms with van der Waals surface area (Å²) in [5.41, 5.74) is 1.48. The van der Waals surface area contributed by atoms with Gasteiger partial charge < -0.3 is 0 Å². The van der Waals surface area contributed by atoms with E-state index in [1.165, 1.54) is 29.8 Å². The van der Waals surface area contributed by atoms with E-state index in [0.717, 1.165) is 0 Å². The van der Waals surface area contributed by atoms with Crippen LogP contribution in [0, 0.1) is 24.0 Å². The normalized spacial score (nSPS) is 11.3. The molecule has 3 rings (SSSR count). The molecule has 2 aromatic carbocycles. The standard InChI is InChI=1S/C17H16N4O4S/c1-12-10-15(21(22)23)8-9-16(12)26(24,25)19-17-11-13(2)18-20(17)14-6-4-3-5-7-14/h3-11,19H,1-2H3. The maximum absolute atomic E-state index is 12.8. The fourth-order valence-corrected chi connectivity index (χ4v) is 3.84. The van der Waals surface area contributed by atoms with Gasteiger partial charge in [-0.2, -0.15) is 5.10 Å². The molecule has 0 fully saturated rings. The Morgan fingerprint density at radius 1 is 1.08 bits per heavy atom. The molecule has 0 aliphatic rings. The average Bonchev–Trinajstić information content (AvgIpc) is 2.94. The maximum Gasteiger partial charge on any atom is 0.269 e. The first-order chi connectivity index (χ1) is 12.3. The minimum Gasteiger partial charge on any atom is -0.263 e. The Bertz CT molecular complexity index is 1080. The number of nitrogens with zero attached hydrogens (tertiary/aromatic N) is 3. The van der Waals surface area contributed by atoms with Crippen molar-refractivity contribution < 1.29 is 13.3 Å². The minimum absolute atomic E-state index is 0.0263. The first-order valence-electron chi connectivity index (χ1n) is 7.68. The zero-order valence-corrected chi connectivity index (χ0v) is 14.9. The van der Waals surface area contributed by atoms with Crippen molar-refractivity contribution in [3.8, 4) is 5.69 Å². The van der Waals surface area contributed by atoms with Crippen molar-refractivity contribution in [1.29, 1.82) is 0 Å². The van der Waals surface area contributed by atoms with Gasteiger partial charge >= 0.3 is 0 Å². The maximum atomic E-state index is 12.8. The molecule has 0 spiro atoms. The Morgan fingerprint density at radius 2 is 1.77 bits per heavy atom. The summed E-state index contributed by atoms with van der Waals surface area (Å²) in [6.07, 6.45) is 0. The molecule has 26 heavy (non-hydrogen) atoms. The largest absolute Gasteiger partial charge is 0.269 e. The van der Waals surface area contributed by atoms with Crippen LogP contribution in [0.25, 0.3) is 5.69 Å². The lowest BCUT2D eigenvalue weighted by molar-refractivity contribution is -0.385. The number of sulfonamides is 1. The number of para-hydroxylation sites is 1. The van der Waals surface area contributed by atoms with Gasteiger partial charge in [-0.15, -0.1) is 0 Å². The molecule has 0 amide bonds. The van der Waals surface area contributed by atoms with Gasteiger partial charge in [-0.1, -0.05) is 18.2 Å². The van der Waals surface area contributed by atoms with E-state index < -0.39 is 14.9 Å². The van der Waals surface area contributed by atoms with Gasteiger partial charge in [-0.05, 0) is 37.6 Å². The van der Waals surface area contributed by atoms with Crippen molar-refractivity contribution in [2.45, 2.75) is 18.7 Å². The van der Waals surface area contributed by atoms with E-state index in [1.54, 1.807) is 25.1 Å². The molecule has 1 heterocycles. The summed E-state index contributed by atoms with van der Waals surface area (Å²) < 4.78 is 29.6. The van der Waals surface area contributed by atoms with Crippen molar-refractivity contribution in [2.75, 3.05) is 4.72 Å². The fourth-order valence-electron chi connectivity index (χ4n) is 2.58. The van der Waals surface area contributed by atoms with Crippen LogP contribution < -0.4 is 4.72 Å². The Kier molecular flexibility index (Phi) is 4.47. The lowest BCUT2D eigenvalue weighted by atomic mass is 10.2. The van der Waals surface area contributed by atoms with Gasteiger partial charge in [0.2, 0.25) is 0 Å². The number of aryl methyl sites for hydroxylation is 2. The summed E-state index contributed by atoms with van der Waals surface area (Å²) in [5.74, 6) is 0.284. The number of aromatic nitrogens is 2. The van der Waals surface area contributed by atoms with E-state index in [0.29, 0.717) is 11.4 Å². The third-order valence-electron chi connectivity index (χ3n) is 3.73. The second kappa shape index (κ2) is 6.60. The fraction of sp³-hybridized carbons (Fsp3) is 0.118. The first-order valence-corrected chi connectivity index (χ1v) is 9.16. The molecule has 0 unspecified atom stereocenters. The van der Waals surface area contributed by atoms with Crippen LogP contribution in [-0.2, 0) is 10.0 Å². The molecule has 0 saturated carbocycles. The average molecular weight is 372 g/mol. The highest BCUT2D eigenvalue weighted by molar-refractivity contribution is 7.92. The van der Waals surface area contributed by atoms with E-state index in [4.69, 9.17) is 0 Å². The molecule has 9 heteroatoms. The highest BCUT2D eigenvalue weighted by Gasteiger charge is 2.21. The molecule has 0 aliphatic carbocycles. The van der Waals surface area contributed by atoms with Gasteiger partial charge in [0.25, 0.3) is 15.7 Å². The van der Waals surface area contributed by atoms with E-state index in [2.05, 4.69) is 9.82 Å². The van der Waals surface area contributed by atoms with Gasteiger partial charge in [0.15, 0.2) is 0 Å². The minimum atomic E-state index is -3.94. The van der Waals surface area contributed by atoms with Crippen LogP contribution in [0.2, 0.25) is 0 Å². The summed E-state index contributed by atoms with van der Waals surface area (Å²) >= 11 is 0. The molecule has 1 N–H and O–H groups in total. The quantitative estimate of drug-likeness (QED) is 0.547. The first kappa shape index (κ1) is 17.6. The van der Waals surface area contributed by atoms with Gasteiger partial charge in [0.1, 0.15) is 5.82 Å².